The lowest BCUT2D eigenvalue weighted by Crippen LogP contribution is -2.33. The highest BCUT2D eigenvalue weighted by Gasteiger charge is 2.14. The Balaban J connectivity index is 1.92. The lowest BCUT2D eigenvalue weighted by atomic mass is 10.0. The summed E-state index contributed by atoms with van der Waals surface area (Å²) in [5, 5.41) is 2.88. The normalized spacial score (nSPS) is 12.2. The fourth-order valence-electron chi connectivity index (χ4n) is 2.13. The summed E-state index contributed by atoms with van der Waals surface area (Å²) in [5.74, 6) is 0.356. The molecule has 0 aliphatic heterocycles. The van der Waals surface area contributed by atoms with Crippen LogP contribution < -0.4 is 11.1 Å². The van der Waals surface area contributed by atoms with Crippen molar-refractivity contribution in [3.05, 3.63) is 71.3 Å². The molecule has 1 unspecified atom stereocenters. The summed E-state index contributed by atoms with van der Waals surface area (Å²) in [4.78, 5) is 12.1. The standard InChI is InChI=1S/C18H22N2O/c1-13(2)15-10-8-14(9-11-15)12-20-18(21)17(19)16-6-4-3-5-7-16/h3-11,13,17H,12,19H2,1-2H3,(H,20,21). The van der Waals surface area contributed by atoms with Gasteiger partial charge >= 0.3 is 0 Å². The van der Waals surface area contributed by atoms with Gasteiger partial charge in [-0.1, -0.05) is 68.4 Å². The van der Waals surface area contributed by atoms with Gasteiger partial charge in [-0.25, -0.2) is 0 Å². The molecule has 0 fully saturated rings. The second kappa shape index (κ2) is 7.04. The molecule has 2 rings (SSSR count). The highest BCUT2D eigenvalue weighted by molar-refractivity contribution is 5.82. The van der Waals surface area contributed by atoms with E-state index in [4.69, 9.17) is 5.73 Å². The van der Waals surface area contributed by atoms with E-state index in [0.29, 0.717) is 12.5 Å². The van der Waals surface area contributed by atoms with Crippen LogP contribution in [0.15, 0.2) is 54.6 Å². The van der Waals surface area contributed by atoms with Crippen LogP contribution in [0.5, 0.6) is 0 Å². The molecule has 1 atom stereocenters. The average Bonchev–Trinajstić information content (AvgIpc) is 2.53. The van der Waals surface area contributed by atoms with Gasteiger partial charge in [-0.15, -0.1) is 0 Å². The second-order valence-corrected chi connectivity index (χ2v) is 5.50. The maximum atomic E-state index is 12.1. The van der Waals surface area contributed by atoms with Crippen molar-refractivity contribution in [3.8, 4) is 0 Å². The van der Waals surface area contributed by atoms with Crippen LogP contribution in [-0.4, -0.2) is 5.91 Å². The van der Waals surface area contributed by atoms with Crippen LogP contribution >= 0.6 is 0 Å². The molecule has 3 nitrogen and oxygen atoms in total. The fourth-order valence-corrected chi connectivity index (χ4v) is 2.13. The third-order valence-electron chi connectivity index (χ3n) is 3.55. The van der Waals surface area contributed by atoms with Gasteiger partial charge in [0, 0.05) is 6.54 Å². The third-order valence-corrected chi connectivity index (χ3v) is 3.55. The van der Waals surface area contributed by atoms with Gasteiger partial charge in [0.05, 0.1) is 0 Å². The molecule has 3 heteroatoms. The van der Waals surface area contributed by atoms with E-state index in [2.05, 4.69) is 31.3 Å². The Morgan fingerprint density at radius 3 is 2.19 bits per heavy atom. The number of hydrogen-bond acceptors (Lipinski definition) is 2. The van der Waals surface area contributed by atoms with Crippen molar-refractivity contribution in [1.82, 2.24) is 5.32 Å². The Morgan fingerprint density at radius 2 is 1.62 bits per heavy atom. The Kier molecular flexibility index (Phi) is 5.12. The van der Waals surface area contributed by atoms with Crippen molar-refractivity contribution >= 4 is 5.91 Å². The lowest BCUT2D eigenvalue weighted by molar-refractivity contribution is -0.122. The van der Waals surface area contributed by atoms with Crippen LogP contribution in [0, 0.1) is 0 Å². The zero-order valence-corrected chi connectivity index (χ0v) is 12.5. The number of nitrogens with one attached hydrogen (secondary N) is 1. The van der Waals surface area contributed by atoms with Crippen molar-refractivity contribution in [2.75, 3.05) is 0 Å². The van der Waals surface area contributed by atoms with Gasteiger partial charge in [0.15, 0.2) is 0 Å². The predicted molar refractivity (Wildman–Crippen MR) is 85.7 cm³/mol. The van der Waals surface area contributed by atoms with E-state index in [-0.39, 0.29) is 5.91 Å². The van der Waals surface area contributed by atoms with Gasteiger partial charge in [-0.2, -0.15) is 0 Å². The van der Waals surface area contributed by atoms with Crippen LogP contribution in [0.2, 0.25) is 0 Å². The number of amides is 1. The molecular formula is C18H22N2O. The van der Waals surface area contributed by atoms with Crippen molar-refractivity contribution in [1.29, 1.82) is 0 Å². The van der Waals surface area contributed by atoms with Crippen LogP contribution in [0.1, 0.15) is 42.5 Å². The first-order valence-corrected chi connectivity index (χ1v) is 7.25. The summed E-state index contributed by atoms with van der Waals surface area (Å²) >= 11 is 0. The van der Waals surface area contributed by atoms with Crippen LogP contribution in [-0.2, 0) is 11.3 Å². The van der Waals surface area contributed by atoms with Gasteiger partial charge < -0.3 is 11.1 Å². The number of carbonyl (C=O) groups excluding carboxylic acids is 1. The van der Waals surface area contributed by atoms with Crippen molar-refractivity contribution in [3.63, 3.8) is 0 Å². The molecule has 3 N–H and O–H groups in total. The number of nitrogens with two attached hydrogens (primary N) is 1. The zero-order chi connectivity index (χ0) is 15.2. The van der Waals surface area contributed by atoms with Crippen LogP contribution in [0.3, 0.4) is 0 Å². The smallest absolute Gasteiger partial charge is 0.241 e. The molecule has 0 bridgehead atoms. The molecule has 2 aromatic rings. The summed E-state index contributed by atoms with van der Waals surface area (Å²) in [6.07, 6.45) is 0. The predicted octanol–water partition coefficient (Wildman–Crippen LogP) is 3.13. The van der Waals surface area contributed by atoms with E-state index >= 15 is 0 Å². The number of hydrogen-bond donors (Lipinski definition) is 2. The molecule has 0 aromatic heterocycles. The van der Waals surface area contributed by atoms with Crippen molar-refractivity contribution < 1.29 is 4.79 Å². The molecule has 0 spiro atoms. The Bertz CT molecular complexity index is 576. The van der Waals surface area contributed by atoms with E-state index in [0.717, 1.165) is 11.1 Å². The Morgan fingerprint density at radius 1 is 1.00 bits per heavy atom. The van der Waals surface area contributed by atoms with Crippen LogP contribution in [0.25, 0.3) is 0 Å². The molecule has 0 radical (unpaired) electrons. The minimum absolute atomic E-state index is 0.158. The molecule has 21 heavy (non-hydrogen) atoms. The third kappa shape index (κ3) is 4.17. The monoisotopic (exact) mass is 282 g/mol. The van der Waals surface area contributed by atoms with Gasteiger partial charge in [0.25, 0.3) is 0 Å². The first kappa shape index (κ1) is 15.3. The zero-order valence-electron chi connectivity index (χ0n) is 12.5. The molecule has 0 aliphatic carbocycles. The van der Waals surface area contributed by atoms with Crippen molar-refractivity contribution in [2.45, 2.75) is 32.4 Å². The fraction of sp³-hybridized carbons (Fsp3) is 0.278. The van der Waals surface area contributed by atoms with Gasteiger partial charge in [-0.3, -0.25) is 4.79 Å². The Labute approximate surface area is 126 Å². The van der Waals surface area contributed by atoms with Gasteiger partial charge in [0.2, 0.25) is 5.91 Å². The summed E-state index contributed by atoms with van der Waals surface area (Å²) in [5.41, 5.74) is 9.15. The summed E-state index contributed by atoms with van der Waals surface area (Å²) in [6, 6.07) is 17.1. The Hall–Kier alpha value is -2.13. The maximum Gasteiger partial charge on any atom is 0.241 e. The van der Waals surface area contributed by atoms with Gasteiger partial charge in [0.1, 0.15) is 6.04 Å². The summed E-state index contributed by atoms with van der Waals surface area (Å²) in [6.45, 7) is 4.82. The average molecular weight is 282 g/mol. The second-order valence-electron chi connectivity index (χ2n) is 5.50. The number of rotatable bonds is 5. The summed E-state index contributed by atoms with van der Waals surface area (Å²) < 4.78 is 0. The molecule has 0 saturated heterocycles. The maximum absolute atomic E-state index is 12.1. The topological polar surface area (TPSA) is 55.1 Å². The molecule has 2 aromatic carbocycles. The lowest BCUT2D eigenvalue weighted by Gasteiger charge is -2.13. The molecule has 0 heterocycles. The first-order valence-electron chi connectivity index (χ1n) is 7.25. The van der Waals surface area contributed by atoms with Crippen molar-refractivity contribution in [2.24, 2.45) is 5.73 Å². The summed E-state index contributed by atoms with van der Waals surface area (Å²) in [7, 11) is 0. The van der Waals surface area contributed by atoms with E-state index in [1.54, 1.807) is 0 Å². The minimum Gasteiger partial charge on any atom is -0.350 e. The van der Waals surface area contributed by atoms with E-state index in [1.165, 1.54) is 5.56 Å². The molecular weight excluding hydrogens is 260 g/mol. The molecule has 110 valence electrons. The largest absolute Gasteiger partial charge is 0.350 e. The number of benzene rings is 2. The molecule has 1 amide bonds. The van der Waals surface area contributed by atoms with E-state index in [1.807, 2.05) is 42.5 Å². The molecule has 0 aliphatic rings. The van der Waals surface area contributed by atoms with Gasteiger partial charge in [-0.05, 0) is 22.6 Å². The highest BCUT2D eigenvalue weighted by atomic mass is 16.2. The molecule has 0 saturated carbocycles. The quantitative estimate of drug-likeness (QED) is 0.885. The SMILES string of the molecule is CC(C)c1ccc(CNC(=O)C(N)c2ccccc2)cc1. The van der Waals surface area contributed by atoms with Crippen LogP contribution in [0.4, 0.5) is 0 Å². The van der Waals surface area contributed by atoms with E-state index < -0.39 is 6.04 Å². The highest BCUT2D eigenvalue weighted by Crippen LogP contribution is 2.15. The minimum atomic E-state index is -0.624. The number of carbonyl (C=O) groups is 1. The van der Waals surface area contributed by atoms with E-state index in [9.17, 15) is 4.79 Å². The first-order chi connectivity index (χ1) is 10.1.